The van der Waals surface area contributed by atoms with E-state index in [0.717, 1.165) is 0 Å². The normalized spacial score (nSPS) is 17.0. The van der Waals surface area contributed by atoms with E-state index in [0.29, 0.717) is 41.8 Å². The average molecular weight is 351 g/mol. The molecule has 0 aromatic heterocycles. The van der Waals surface area contributed by atoms with Gasteiger partial charge in [-0.2, -0.15) is 4.31 Å². The van der Waals surface area contributed by atoms with E-state index in [1.54, 1.807) is 24.0 Å². The fourth-order valence-corrected chi connectivity index (χ4v) is 3.76. The fourth-order valence-electron chi connectivity index (χ4n) is 2.19. The molecule has 0 saturated carbocycles. The summed E-state index contributed by atoms with van der Waals surface area (Å²) in [4.78, 5) is 14.0. The number of sulfonamides is 1. The molecule has 1 fully saturated rings. The van der Waals surface area contributed by atoms with Gasteiger partial charge in [0.2, 0.25) is 10.0 Å². The Bertz CT molecular complexity index is 641. The Kier molecular flexibility index (Phi) is 5.14. The van der Waals surface area contributed by atoms with Crippen LogP contribution in [0.5, 0.6) is 0 Å². The third-order valence-electron chi connectivity index (χ3n) is 3.45. The second-order valence-corrected chi connectivity index (χ2v) is 7.82. The van der Waals surface area contributed by atoms with Crippen LogP contribution in [0.25, 0.3) is 0 Å². The molecular formula is C13H16Cl2N2O3S. The van der Waals surface area contributed by atoms with Gasteiger partial charge in [-0.1, -0.05) is 23.2 Å². The lowest BCUT2D eigenvalue weighted by atomic mass is 10.2. The van der Waals surface area contributed by atoms with E-state index in [4.69, 9.17) is 23.2 Å². The number of hydrogen-bond acceptors (Lipinski definition) is 3. The highest BCUT2D eigenvalue weighted by Gasteiger charge is 2.28. The van der Waals surface area contributed by atoms with Crippen molar-refractivity contribution in [3.05, 3.63) is 33.8 Å². The summed E-state index contributed by atoms with van der Waals surface area (Å²) in [6.07, 6.45) is 0. The molecule has 0 unspecified atom stereocenters. The van der Waals surface area contributed by atoms with Gasteiger partial charge in [0.25, 0.3) is 5.91 Å². The van der Waals surface area contributed by atoms with E-state index >= 15 is 0 Å². The molecule has 1 aliphatic heterocycles. The molecule has 0 aliphatic carbocycles. The highest BCUT2D eigenvalue weighted by Crippen LogP contribution is 2.23. The summed E-state index contributed by atoms with van der Waals surface area (Å²) in [7, 11) is -3.20. The van der Waals surface area contributed by atoms with Crippen LogP contribution in [-0.4, -0.2) is 55.5 Å². The maximum absolute atomic E-state index is 12.4. The lowest BCUT2D eigenvalue weighted by molar-refractivity contribution is 0.0698. The van der Waals surface area contributed by atoms with Crippen molar-refractivity contribution in [2.24, 2.45) is 0 Å². The van der Waals surface area contributed by atoms with Crippen LogP contribution < -0.4 is 0 Å². The quantitative estimate of drug-likeness (QED) is 0.838. The summed E-state index contributed by atoms with van der Waals surface area (Å²) < 4.78 is 25.0. The maximum Gasteiger partial charge on any atom is 0.255 e. The van der Waals surface area contributed by atoms with Gasteiger partial charge >= 0.3 is 0 Å². The SMILES string of the molecule is CCS(=O)(=O)N1CCN(C(=O)c2ccc(Cl)cc2Cl)CC1. The number of amides is 1. The molecule has 1 aromatic rings. The first-order valence-electron chi connectivity index (χ1n) is 6.57. The fraction of sp³-hybridized carbons (Fsp3) is 0.462. The Morgan fingerprint density at radius 2 is 1.81 bits per heavy atom. The Balaban J connectivity index is 2.07. The van der Waals surface area contributed by atoms with Gasteiger partial charge in [0.1, 0.15) is 0 Å². The predicted molar refractivity (Wildman–Crippen MR) is 83.4 cm³/mol. The lowest BCUT2D eigenvalue weighted by Gasteiger charge is -2.34. The van der Waals surface area contributed by atoms with Gasteiger partial charge in [-0.3, -0.25) is 4.79 Å². The minimum Gasteiger partial charge on any atom is -0.336 e. The first kappa shape index (κ1) is 16.5. The van der Waals surface area contributed by atoms with Crippen molar-refractivity contribution >= 4 is 39.1 Å². The standard InChI is InChI=1S/C13H16Cl2N2O3S/c1-2-21(19,20)17-7-5-16(6-8-17)13(18)11-4-3-10(14)9-12(11)15/h3-4,9H,2,5-8H2,1H3. The van der Waals surface area contributed by atoms with Crippen molar-refractivity contribution in [1.29, 1.82) is 0 Å². The molecule has 0 N–H and O–H groups in total. The van der Waals surface area contributed by atoms with Crippen molar-refractivity contribution < 1.29 is 13.2 Å². The molecule has 8 heteroatoms. The molecule has 2 rings (SSSR count). The summed E-state index contributed by atoms with van der Waals surface area (Å²) in [6.45, 7) is 2.95. The van der Waals surface area contributed by atoms with Gasteiger partial charge < -0.3 is 4.90 Å². The minimum atomic E-state index is -3.20. The van der Waals surface area contributed by atoms with E-state index in [2.05, 4.69) is 0 Å². The topological polar surface area (TPSA) is 57.7 Å². The summed E-state index contributed by atoms with van der Waals surface area (Å²) in [5, 5.41) is 0.770. The van der Waals surface area contributed by atoms with Gasteiger partial charge in [0, 0.05) is 31.2 Å². The minimum absolute atomic E-state index is 0.0734. The van der Waals surface area contributed by atoms with Crippen LogP contribution in [0.15, 0.2) is 18.2 Å². The molecule has 0 spiro atoms. The number of halogens is 2. The number of carbonyl (C=O) groups is 1. The molecule has 1 amide bonds. The zero-order valence-corrected chi connectivity index (χ0v) is 13.9. The van der Waals surface area contributed by atoms with E-state index in [-0.39, 0.29) is 11.7 Å². The first-order chi connectivity index (χ1) is 9.85. The molecule has 116 valence electrons. The number of rotatable bonds is 3. The largest absolute Gasteiger partial charge is 0.336 e. The van der Waals surface area contributed by atoms with Crippen LogP contribution >= 0.6 is 23.2 Å². The predicted octanol–water partition coefficient (Wildman–Crippen LogP) is 2.10. The molecule has 1 aromatic carbocycles. The third kappa shape index (κ3) is 3.69. The van der Waals surface area contributed by atoms with Gasteiger partial charge in [0.05, 0.1) is 16.3 Å². The average Bonchev–Trinajstić information content (AvgIpc) is 2.47. The smallest absolute Gasteiger partial charge is 0.255 e. The van der Waals surface area contributed by atoms with Crippen molar-refractivity contribution in [2.45, 2.75) is 6.92 Å². The Morgan fingerprint density at radius 3 is 2.33 bits per heavy atom. The van der Waals surface area contributed by atoms with Gasteiger partial charge in [-0.05, 0) is 25.1 Å². The molecule has 1 saturated heterocycles. The van der Waals surface area contributed by atoms with Crippen LogP contribution in [0, 0.1) is 0 Å². The molecule has 1 heterocycles. The van der Waals surface area contributed by atoms with E-state index in [9.17, 15) is 13.2 Å². The first-order valence-corrected chi connectivity index (χ1v) is 8.94. The van der Waals surface area contributed by atoms with Crippen molar-refractivity contribution in [2.75, 3.05) is 31.9 Å². The van der Waals surface area contributed by atoms with Crippen LogP contribution in [0.4, 0.5) is 0 Å². The zero-order valence-electron chi connectivity index (χ0n) is 11.6. The van der Waals surface area contributed by atoms with E-state index in [1.165, 1.54) is 10.4 Å². The number of hydrogen-bond donors (Lipinski definition) is 0. The number of benzene rings is 1. The highest BCUT2D eigenvalue weighted by atomic mass is 35.5. The summed E-state index contributed by atoms with van der Waals surface area (Å²) in [5.74, 6) is -0.130. The monoisotopic (exact) mass is 350 g/mol. The molecule has 1 aliphatic rings. The lowest BCUT2D eigenvalue weighted by Crippen LogP contribution is -2.50. The summed E-state index contributed by atoms with van der Waals surface area (Å²) >= 11 is 11.8. The third-order valence-corrected chi connectivity index (χ3v) is 5.87. The second-order valence-electron chi connectivity index (χ2n) is 4.72. The van der Waals surface area contributed by atoms with Gasteiger partial charge in [0.15, 0.2) is 0 Å². The Hall–Kier alpha value is -0.820. The van der Waals surface area contributed by atoms with Gasteiger partial charge in [-0.25, -0.2) is 8.42 Å². The molecule has 21 heavy (non-hydrogen) atoms. The molecular weight excluding hydrogens is 335 g/mol. The Labute approximate surface area is 134 Å². The van der Waals surface area contributed by atoms with Crippen molar-refractivity contribution in [3.8, 4) is 0 Å². The number of piperazine rings is 1. The molecule has 0 radical (unpaired) electrons. The van der Waals surface area contributed by atoms with E-state index in [1.807, 2.05) is 0 Å². The highest BCUT2D eigenvalue weighted by molar-refractivity contribution is 7.89. The summed E-state index contributed by atoms with van der Waals surface area (Å²) in [5.41, 5.74) is 0.382. The van der Waals surface area contributed by atoms with E-state index < -0.39 is 10.0 Å². The number of carbonyl (C=O) groups excluding carboxylic acids is 1. The van der Waals surface area contributed by atoms with Crippen molar-refractivity contribution in [1.82, 2.24) is 9.21 Å². The molecule has 5 nitrogen and oxygen atoms in total. The maximum atomic E-state index is 12.4. The Morgan fingerprint density at radius 1 is 1.19 bits per heavy atom. The van der Waals surface area contributed by atoms with Gasteiger partial charge in [-0.15, -0.1) is 0 Å². The summed E-state index contributed by atoms with van der Waals surface area (Å²) in [6, 6.07) is 4.72. The second kappa shape index (κ2) is 6.52. The van der Waals surface area contributed by atoms with Crippen LogP contribution in [-0.2, 0) is 10.0 Å². The van der Waals surface area contributed by atoms with Crippen LogP contribution in [0.1, 0.15) is 17.3 Å². The molecule has 0 bridgehead atoms. The zero-order chi connectivity index (χ0) is 15.6. The van der Waals surface area contributed by atoms with Crippen LogP contribution in [0.3, 0.4) is 0 Å². The van der Waals surface area contributed by atoms with Crippen molar-refractivity contribution in [3.63, 3.8) is 0 Å². The van der Waals surface area contributed by atoms with Crippen LogP contribution in [0.2, 0.25) is 10.0 Å². The molecule has 0 atom stereocenters. The number of nitrogens with zero attached hydrogens (tertiary/aromatic N) is 2.